The van der Waals surface area contributed by atoms with Crippen LogP contribution in [0.1, 0.15) is 59.3 Å². The molecule has 6 heteroatoms. The Morgan fingerprint density at radius 3 is 2.50 bits per heavy atom. The first-order valence-corrected chi connectivity index (χ1v) is 8.16. The molecule has 0 radical (unpaired) electrons. The summed E-state index contributed by atoms with van der Waals surface area (Å²) in [5.41, 5.74) is 0. The van der Waals surface area contributed by atoms with Crippen LogP contribution in [-0.2, 0) is 9.59 Å². The molecule has 0 spiro atoms. The molecule has 0 aliphatic carbocycles. The molecule has 0 saturated carbocycles. The Balaban J connectivity index is 0.00000441. The topological polar surface area (TPSA) is 69.6 Å². The van der Waals surface area contributed by atoms with Gasteiger partial charge >= 0.3 is 5.97 Å². The largest absolute Gasteiger partial charge is 0.480 e. The molecule has 2 N–H and O–H groups in total. The van der Waals surface area contributed by atoms with Gasteiger partial charge in [0.1, 0.15) is 6.04 Å². The molecule has 1 aliphatic heterocycles. The summed E-state index contributed by atoms with van der Waals surface area (Å²) in [7, 11) is 0. The van der Waals surface area contributed by atoms with Gasteiger partial charge in [-0.25, -0.2) is 0 Å². The van der Waals surface area contributed by atoms with Crippen molar-refractivity contribution in [3.05, 3.63) is 0 Å². The fourth-order valence-corrected chi connectivity index (χ4v) is 2.87. The van der Waals surface area contributed by atoms with E-state index in [1.807, 2.05) is 6.92 Å². The molecular weight excluding hydrogens is 304 g/mol. The van der Waals surface area contributed by atoms with Crippen LogP contribution in [0.15, 0.2) is 0 Å². The summed E-state index contributed by atoms with van der Waals surface area (Å²) in [4.78, 5) is 25.0. The molecule has 2 unspecified atom stereocenters. The number of carbonyl (C=O) groups is 2. The molecule has 5 nitrogen and oxygen atoms in total. The number of carboxylic acid groups (broad SMARTS) is 1. The molecule has 0 aromatic carbocycles. The van der Waals surface area contributed by atoms with Crippen LogP contribution in [0, 0.1) is 5.92 Å². The average Bonchev–Trinajstić information content (AvgIpc) is 2.38. The van der Waals surface area contributed by atoms with Crippen molar-refractivity contribution in [2.45, 2.75) is 71.4 Å². The summed E-state index contributed by atoms with van der Waals surface area (Å²) >= 11 is 0. The molecule has 0 aromatic rings. The molecular formula is C16H31ClN2O3. The van der Waals surface area contributed by atoms with Crippen molar-refractivity contribution >= 4 is 24.3 Å². The second kappa shape index (κ2) is 10.8. The maximum atomic E-state index is 12.0. The zero-order valence-corrected chi connectivity index (χ0v) is 14.8. The molecule has 0 aromatic heterocycles. The van der Waals surface area contributed by atoms with Gasteiger partial charge in [-0.2, -0.15) is 0 Å². The van der Waals surface area contributed by atoms with Crippen LogP contribution in [0.2, 0.25) is 0 Å². The third-order valence-corrected chi connectivity index (χ3v) is 4.07. The summed E-state index contributed by atoms with van der Waals surface area (Å²) in [6.07, 6.45) is 5.81. The number of nitrogens with zero attached hydrogens (tertiary/aromatic N) is 1. The first kappa shape index (κ1) is 21.2. The Bertz CT molecular complexity index is 350. The number of likely N-dealkylation sites (tertiary alicyclic amines) is 1. The van der Waals surface area contributed by atoms with E-state index in [2.05, 4.69) is 19.2 Å². The molecule has 1 amide bonds. The number of halogens is 1. The highest BCUT2D eigenvalue weighted by atomic mass is 35.5. The van der Waals surface area contributed by atoms with Crippen molar-refractivity contribution in [1.82, 2.24) is 10.2 Å². The zero-order chi connectivity index (χ0) is 15.8. The average molecular weight is 335 g/mol. The normalized spacial score (nSPS) is 20.3. The lowest BCUT2D eigenvalue weighted by molar-refractivity contribution is -0.145. The van der Waals surface area contributed by atoms with Gasteiger partial charge in [0.25, 0.3) is 0 Å². The van der Waals surface area contributed by atoms with Crippen molar-refractivity contribution < 1.29 is 14.7 Å². The van der Waals surface area contributed by atoms with Gasteiger partial charge in [0.15, 0.2) is 0 Å². The SMILES string of the molecule is CC(C)CCCC(C)NC(=O)CN1CCCCC1C(=O)O.Cl. The summed E-state index contributed by atoms with van der Waals surface area (Å²) in [5, 5.41) is 12.2. The van der Waals surface area contributed by atoms with Crippen LogP contribution in [0.5, 0.6) is 0 Å². The van der Waals surface area contributed by atoms with Gasteiger partial charge in [-0.05, 0) is 38.6 Å². The number of hydrogen-bond donors (Lipinski definition) is 2. The van der Waals surface area contributed by atoms with E-state index < -0.39 is 12.0 Å². The maximum absolute atomic E-state index is 12.0. The fourth-order valence-electron chi connectivity index (χ4n) is 2.87. The van der Waals surface area contributed by atoms with Gasteiger partial charge in [-0.15, -0.1) is 12.4 Å². The van der Waals surface area contributed by atoms with Crippen LogP contribution in [0.25, 0.3) is 0 Å². The van der Waals surface area contributed by atoms with Crippen molar-refractivity contribution in [2.24, 2.45) is 5.92 Å². The van der Waals surface area contributed by atoms with Crippen LogP contribution in [0.3, 0.4) is 0 Å². The van der Waals surface area contributed by atoms with Crippen molar-refractivity contribution in [1.29, 1.82) is 0 Å². The molecule has 0 bridgehead atoms. The molecule has 130 valence electrons. The molecule has 2 atom stereocenters. The number of carbonyl (C=O) groups excluding carboxylic acids is 1. The highest BCUT2D eigenvalue weighted by Gasteiger charge is 2.29. The van der Waals surface area contributed by atoms with Crippen LogP contribution in [0.4, 0.5) is 0 Å². The summed E-state index contributed by atoms with van der Waals surface area (Å²) < 4.78 is 0. The number of aliphatic carboxylic acids is 1. The Hall–Kier alpha value is -0.810. The summed E-state index contributed by atoms with van der Waals surface area (Å²) in [6, 6.07) is -0.343. The van der Waals surface area contributed by atoms with Gasteiger partial charge in [0.05, 0.1) is 6.54 Å². The van der Waals surface area contributed by atoms with E-state index in [0.717, 1.165) is 25.7 Å². The predicted octanol–water partition coefficient (Wildman–Crippen LogP) is 2.68. The maximum Gasteiger partial charge on any atom is 0.320 e. The van der Waals surface area contributed by atoms with Crippen LogP contribution in [-0.4, -0.2) is 47.1 Å². The lowest BCUT2D eigenvalue weighted by atomic mass is 10.0. The van der Waals surface area contributed by atoms with Gasteiger partial charge in [0.2, 0.25) is 5.91 Å². The number of nitrogens with one attached hydrogen (secondary N) is 1. The van der Waals surface area contributed by atoms with E-state index in [1.165, 1.54) is 6.42 Å². The molecule has 1 rings (SSSR count). The van der Waals surface area contributed by atoms with E-state index in [-0.39, 0.29) is 30.9 Å². The third kappa shape index (κ3) is 7.99. The quantitative estimate of drug-likeness (QED) is 0.716. The van der Waals surface area contributed by atoms with Gasteiger partial charge < -0.3 is 10.4 Å². The van der Waals surface area contributed by atoms with E-state index in [1.54, 1.807) is 4.90 Å². The monoisotopic (exact) mass is 334 g/mol. The van der Waals surface area contributed by atoms with E-state index in [4.69, 9.17) is 0 Å². The second-order valence-electron chi connectivity index (χ2n) is 6.61. The first-order valence-electron chi connectivity index (χ1n) is 8.16. The van der Waals surface area contributed by atoms with Gasteiger partial charge in [-0.1, -0.05) is 33.1 Å². The van der Waals surface area contributed by atoms with E-state index in [0.29, 0.717) is 18.9 Å². The van der Waals surface area contributed by atoms with Crippen molar-refractivity contribution in [2.75, 3.05) is 13.1 Å². The highest BCUT2D eigenvalue weighted by Crippen LogP contribution is 2.16. The van der Waals surface area contributed by atoms with Gasteiger partial charge in [0, 0.05) is 6.04 Å². The highest BCUT2D eigenvalue weighted by molar-refractivity contribution is 5.85. The minimum atomic E-state index is -0.813. The number of carboxylic acids is 1. The lowest BCUT2D eigenvalue weighted by Crippen LogP contribution is -2.50. The number of hydrogen-bond acceptors (Lipinski definition) is 3. The third-order valence-electron chi connectivity index (χ3n) is 4.07. The molecule has 1 saturated heterocycles. The van der Waals surface area contributed by atoms with Crippen LogP contribution < -0.4 is 5.32 Å². The minimum Gasteiger partial charge on any atom is -0.480 e. The van der Waals surface area contributed by atoms with Gasteiger partial charge in [-0.3, -0.25) is 14.5 Å². The molecule has 1 aliphatic rings. The first-order chi connectivity index (χ1) is 9.90. The predicted molar refractivity (Wildman–Crippen MR) is 90.4 cm³/mol. The smallest absolute Gasteiger partial charge is 0.320 e. The Morgan fingerprint density at radius 2 is 1.91 bits per heavy atom. The molecule has 22 heavy (non-hydrogen) atoms. The summed E-state index contributed by atoms with van der Waals surface area (Å²) in [5.74, 6) is -0.176. The Labute approximate surface area is 140 Å². The number of piperidine rings is 1. The lowest BCUT2D eigenvalue weighted by Gasteiger charge is -2.32. The molecule has 1 heterocycles. The minimum absolute atomic E-state index is 0. The molecule has 1 fully saturated rings. The summed E-state index contributed by atoms with van der Waals surface area (Å²) in [6.45, 7) is 7.32. The zero-order valence-electron chi connectivity index (χ0n) is 14.0. The number of amides is 1. The Kier molecular flexibility index (Phi) is 10.4. The van der Waals surface area contributed by atoms with Crippen LogP contribution >= 0.6 is 12.4 Å². The number of rotatable bonds is 8. The van der Waals surface area contributed by atoms with E-state index >= 15 is 0 Å². The van der Waals surface area contributed by atoms with Crippen molar-refractivity contribution in [3.8, 4) is 0 Å². The fraction of sp³-hybridized carbons (Fsp3) is 0.875. The Morgan fingerprint density at radius 1 is 1.23 bits per heavy atom. The van der Waals surface area contributed by atoms with Crippen molar-refractivity contribution in [3.63, 3.8) is 0 Å². The second-order valence-corrected chi connectivity index (χ2v) is 6.61. The standard InChI is InChI=1S/C16H30N2O3.ClH/c1-12(2)7-6-8-13(3)17-15(19)11-18-10-5-4-9-14(18)16(20)21;/h12-14H,4-11H2,1-3H3,(H,17,19)(H,20,21);1H. The van der Waals surface area contributed by atoms with E-state index in [9.17, 15) is 14.7 Å².